The molecule has 8 nitrogen and oxygen atoms in total. The summed E-state index contributed by atoms with van der Waals surface area (Å²) in [4.78, 5) is 12.6. The third-order valence-electron chi connectivity index (χ3n) is 5.05. The minimum Gasteiger partial charge on any atom is -0.495 e. The first-order chi connectivity index (χ1) is 15.0. The van der Waals surface area contributed by atoms with Crippen LogP contribution in [0.1, 0.15) is 25.7 Å². The number of piperidine rings is 1. The van der Waals surface area contributed by atoms with Crippen molar-refractivity contribution in [3.05, 3.63) is 42.5 Å². The molecule has 0 atom stereocenters. The smallest absolute Gasteiger partial charge is 0.243 e. The number of carbonyl (C=O) groups excluding carboxylic acids is 1. The molecule has 1 amide bonds. The van der Waals surface area contributed by atoms with Gasteiger partial charge in [-0.25, -0.2) is 8.42 Å². The minimum atomic E-state index is -3.62. The highest BCUT2D eigenvalue weighted by Gasteiger charge is 2.27. The molecule has 1 N–H and O–H groups in total. The maximum absolute atomic E-state index is 13.0. The number of methoxy groups -OCH3 is 2. The fourth-order valence-corrected chi connectivity index (χ4v) is 4.95. The van der Waals surface area contributed by atoms with Gasteiger partial charge in [-0.2, -0.15) is 4.31 Å². The number of hydrogen-bond acceptors (Lipinski definition) is 6. The number of benzene rings is 2. The van der Waals surface area contributed by atoms with E-state index in [0.717, 1.165) is 19.3 Å². The molecular weight excluding hydrogens is 420 g/mol. The molecule has 1 aliphatic heterocycles. The second-order valence-electron chi connectivity index (χ2n) is 7.12. The van der Waals surface area contributed by atoms with E-state index in [1.54, 1.807) is 25.3 Å². The van der Waals surface area contributed by atoms with Gasteiger partial charge in [0, 0.05) is 13.1 Å². The number of nitrogens with one attached hydrogen (secondary N) is 1. The molecule has 168 valence electrons. The lowest BCUT2D eigenvalue weighted by atomic mass is 10.2. The van der Waals surface area contributed by atoms with Crippen molar-refractivity contribution >= 4 is 21.6 Å². The van der Waals surface area contributed by atoms with Crippen LogP contribution in [0.25, 0.3) is 0 Å². The van der Waals surface area contributed by atoms with Crippen LogP contribution in [0.5, 0.6) is 17.2 Å². The van der Waals surface area contributed by atoms with Gasteiger partial charge in [-0.05, 0) is 43.2 Å². The standard InChI is InChI=1S/C22H28N2O6S/c1-28-19-11-10-17(31(26,27)24-13-6-3-7-14-24)16-18(19)23-22(25)12-15-30-21-9-5-4-8-20(21)29-2/h4-5,8-11,16H,3,6-7,12-15H2,1-2H3,(H,23,25). The molecular formula is C22H28N2O6S. The van der Waals surface area contributed by atoms with Crippen molar-refractivity contribution in [2.75, 3.05) is 39.2 Å². The van der Waals surface area contributed by atoms with Crippen molar-refractivity contribution in [2.24, 2.45) is 0 Å². The number of nitrogens with zero attached hydrogens (tertiary/aromatic N) is 1. The number of amides is 1. The van der Waals surface area contributed by atoms with Crippen molar-refractivity contribution in [2.45, 2.75) is 30.6 Å². The Kier molecular flexibility index (Phi) is 7.75. The molecule has 0 radical (unpaired) electrons. The number of ether oxygens (including phenoxy) is 3. The highest BCUT2D eigenvalue weighted by Crippen LogP contribution is 2.30. The Bertz CT molecular complexity index is 1000. The summed E-state index contributed by atoms with van der Waals surface area (Å²) in [6.07, 6.45) is 2.81. The fourth-order valence-electron chi connectivity index (χ4n) is 3.40. The number of sulfonamides is 1. The zero-order chi connectivity index (χ0) is 22.3. The highest BCUT2D eigenvalue weighted by atomic mass is 32.2. The lowest BCUT2D eigenvalue weighted by molar-refractivity contribution is -0.116. The van der Waals surface area contributed by atoms with Gasteiger partial charge < -0.3 is 19.5 Å². The molecule has 0 aliphatic carbocycles. The maximum Gasteiger partial charge on any atom is 0.243 e. The molecule has 0 saturated carbocycles. The van der Waals surface area contributed by atoms with Gasteiger partial charge in [-0.3, -0.25) is 4.79 Å². The monoisotopic (exact) mass is 448 g/mol. The number of anilines is 1. The van der Waals surface area contributed by atoms with Gasteiger partial charge in [0.15, 0.2) is 11.5 Å². The van der Waals surface area contributed by atoms with Crippen LogP contribution in [0, 0.1) is 0 Å². The largest absolute Gasteiger partial charge is 0.495 e. The van der Waals surface area contributed by atoms with Crippen LogP contribution in [0.2, 0.25) is 0 Å². The zero-order valence-electron chi connectivity index (χ0n) is 17.8. The lowest BCUT2D eigenvalue weighted by Crippen LogP contribution is -2.35. The van der Waals surface area contributed by atoms with Crippen molar-refractivity contribution in [1.29, 1.82) is 0 Å². The van der Waals surface area contributed by atoms with E-state index in [9.17, 15) is 13.2 Å². The molecule has 1 saturated heterocycles. The minimum absolute atomic E-state index is 0.0737. The Labute approximate surface area is 183 Å². The summed E-state index contributed by atoms with van der Waals surface area (Å²) in [5, 5.41) is 2.73. The van der Waals surface area contributed by atoms with Crippen LogP contribution >= 0.6 is 0 Å². The van der Waals surface area contributed by atoms with Gasteiger partial charge in [-0.15, -0.1) is 0 Å². The first kappa shape index (κ1) is 22.9. The Morgan fingerprint density at radius 3 is 2.32 bits per heavy atom. The van der Waals surface area contributed by atoms with E-state index >= 15 is 0 Å². The van der Waals surface area contributed by atoms with E-state index < -0.39 is 10.0 Å². The third-order valence-corrected chi connectivity index (χ3v) is 6.95. The quantitative estimate of drug-likeness (QED) is 0.633. The molecule has 1 heterocycles. The Balaban J connectivity index is 1.67. The zero-order valence-corrected chi connectivity index (χ0v) is 18.6. The van der Waals surface area contributed by atoms with Crippen LogP contribution in [0.15, 0.2) is 47.4 Å². The van der Waals surface area contributed by atoms with Crippen LogP contribution in [-0.2, 0) is 14.8 Å². The molecule has 0 aromatic heterocycles. The van der Waals surface area contributed by atoms with Gasteiger partial charge in [0.1, 0.15) is 5.75 Å². The molecule has 2 aromatic carbocycles. The van der Waals surface area contributed by atoms with Gasteiger partial charge in [-0.1, -0.05) is 18.6 Å². The van der Waals surface area contributed by atoms with E-state index in [1.807, 2.05) is 12.1 Å². The normalized spacial score (nSPS) is 14.6. The van der Waals surface area contributed by atoms with Crippen molar-refractivity contribution < 1.29 is 27.4 Å². The van der Waals surface area contributed by atoms with Crippen LogP contribution < -0.4 is 19.5 Å². The Morgan fingerprint density at radius 1 is 0.968 bits per heavy atom. The number of hydrogen-bond donors (Lipinski definition) is 1. The van der Waals surface area contributed by atoms with Gasteiger partial charge in [0.25, 0.3) is 0 Å². The first-order valence-corrected chi connectivity index (χ1v) is 11.6. The second-order valence-corrected chi connectivity index (χ2v) is 9.06. The predicted octanol–water partition coefficient (Wildman–Crippen LogP) is 3.29. The molecule has 9 heteroatoms. The Morgan fingerprint density at radius 2 is 1.65 bits per heavy atom. The molecule has 2 aromatic rings. The average molecular weight is 449 g/mol. The van der Waals surface area contributed by atoms with Gasteiger partial charge >= 0.3 is 0 Å². The van der Waals surface area contributed by atoms with Crippen molar-refractivity contribution in [1.82, 2.24) is 4.31 Å². The average Bonchev–Trinajstić information content (AvgIpc) is 2.80. The summed E-state index contributed by atoms with van der Waals surface area (Å²) in [6, 6.07) is 11.7. The summed E-state index contributed by atoms with van der Waals surface area (Å²) >= 11 is 0. The van der Waals surface area contributed by atoms with Crippen LogP contribution in [0.3, 0.4) is 0 Å². The van der Waals surface area contributed by atoms with Gasteiger partial charge in [0.2, 0.25) is 15.9 Å². The van der Waals surface area contributed by atoms with Crippen LogP contribution in [-0.4, -0.2) is 52.5 Å². The van der Waals surface area contributed by atoms with Gasteiger partial charge in [0.05, 0.1) is 37.8 Å². The molecule has 1 aliphatic rings. The van der Waals surface area contributed by atoms with E-state index in [-0.39, 0.29) is 23.8 Å². The van der Waals surface area contributed by atoms with Crippen LogP contribution in [0.4, 0.5) is 5.69 Å². The predicted molar refractivity (Wildman–Crippen MR) is 117 cm³/mol. The third kappa shape index (κ3) is 5.68. The van der Waals surface area contributed by atoms with Crippen molar-refractivity contribution in [3.63, 3.8) is 0 Å². The van der Waals surface area contributed by atoms with E-state index in [2.05, 4.69) is 5.32 Å². The summed E-state index contributed by atoms with van der Waals surface area (Å²) in [7, 11) is -0.604. The summed E-state index contributed by atoms with van der Waals surface area (Å²) in [5.41, 5.74) is 0.308. The molecule has 0 unspecified atom stereocenters. The lowest BCUT2D eigenvalue weighted by Gasteiger charge is -2.26. The molecule has 0 spiro atoms. The first-order valence-electron chi connectivity index (χ1n) is 10.2. The molecule has 1 fully saturated rings. The van der Waals surface area contributed by atoms with E-state index in [4.69, 9.17) is 14.2 Å². The van der Waals surface area contributed by atoms with E-state index in [0.29, 0.717) is 36.0 Å². The number of para-hydroxylation sites is 2. The molecule has 31 heavy (non-hydrogen) atoms. The summed E-state index contributed by atoms with van der Waals surface area (Å²) in [5.74, 6) is 1.20. The van der Waals surface area contributed by atoms with Crippen molar-refractivity contribution in [3.8, 4) is 17.2 Å². The number of rotatable bonds is 9. The fraction of sp³-hybridized carbons (Fsp3) is 0.409. The molecule has 3 rings (SSSR count). The second kappa shape index (κ2) is 10.5. The number of carbonyl (C=O) groups is 1. The van der Waals surface area contributed by atoms with E-state index in [1.165, 1.54) is 23.5 Å². The SMILES string of the molecule is COc1ccc(S(=O)(=O)N2CCCCC2)cc1NC(=O)CCOc1ccccc1OC. The molecule has 0 bridgehead atoms. The summed E-state index contributed by atoms with van der Waals surface area (Å²) < 4.78 is 43.5. The Hall–Kier alpha value is -2.78. The topological polar surface area (TPSA) is 94.2 Å². The summed E-state index contributed by atoms with van der Waals surface area (Å²) in [6.45, 7) is 1.16. The highest BCUT2D eigenvalue weighted by molar-refractivity contribution is 7.89. The maximum atomic E-state index is 13.0.